The van der Waals surface area contributed by atoms with Crippen molar-refractivity contribution in [1.29, 1.82) is 0 Å². The summed E-state index contributed by atoms with van der Waals surface area (Å²) in [6.07, 6.45) is 0. The van der Waals surface area contributed by atoms with Crippen molar-refractivity contribution in [2.75, 3.05) is 0 Å². The van der Waals surface area contributed by atoms with Gasteiger partial charge in [-0.1, -0.05) is 11.6 Å². The minimum absolute atomic E-state index is 0.117. The van der Waals surface area contributed by atoms with Crippen LogP contribution in [0.3, 0.4) is 0 Å². The van der Waals surface area contributed by atoms with E-state index in [0.717, 1.165) is 6.07 Å². The first-order valence-electron chi connectivity index (χ1n) is 3.59. The third-order valence-electron chi connectivity index (χ3n) is 1.68. The molecule has 0 fully saturated rings. The molecule has 13 heavy (non-hydrogen) atoms. The van der Waals surface area contributed by atoms with Crippen LogP contribution in [0.25, 0.3) is 11.0 Å². The molecular formula is C9H5ClO3. The van der Waals surface area contributed by atoms with Crippen LogP contribution in [0.5, 0.6) is 5.75 Å². The van der Waals surface area contributed by atoms with Gasteiger partial charge in [0, 0.05) is 5.02 Å². The molecule has 0 aliphatic rings. The summed E-state index contributed by atoms with van der Waals surface area (Å²) in [7, 11) is 0. The predicted octanol–water partition coefficient (Wildman–Crippen LogP) is 2.15. The van der Waals surface area contributed by atoms with Crippen LogP contribution in [-0.4, -0.2) is 5.11 Å². The van der Waals surface area contributed by atoms with Crippen LogP contribution in [0.2, 0.25) is 5.02 Å². The van der Waals surface area contributed by atoms with Gasteiger partial charge in [-0.2, -0.15) is 0 Å². The van der Waals surface area contributed by atoms with E-state index in [-0.39, 0.29) is 5.75 Å². The van der Waals surface area contributed by atoms with Crippen LogP contribution in [-0.2, 0) is 0 Å². The number of hydrogen-bond donors (Lipinski definition) is 1. The molecule has 66 valence electrons. The van der Waals surface area contributed by atoms with E-state index in [0.29, 0.717) is 16.0 Å². The number of fused-ring (bicyclic) bond motifs is 1. The van der Waals surface area contributed by atoms with Crippen molar-refractivity contribution in [2.24, 2.45) is 0 Å². The summed E-state index contributed by atoms with van der Waals surface area (Å²) in [4.78, 5) is 10.8. The van der Waals surface area contributed by atoms with Gasteiger partial charge < -0.3 is 9.52 Å². The Balaban J connectivity index is 2.95. The van der Waals surface area contributed by atoms with E-state index in [1.165, 1.54) is 6.07 Å². The first kappa shape index (κ1) is 8.13. The Bertz CT molecular complexity index is 516. The maximum atomic E-state index is 10.8. The summed E-state index contributed by atoms with van der Waals surface area (Å²) in [6.45, 7) is 0. The summed E-state index contributed by atoms with van der Waals surface area (Å²) < 4.78 is 4.82. The first-order valence-corrected chi connectivity index (χ1v) is 3.97. The second-order valence-corrected chi connectivity index (χ2v) is 3.03. The van der Waals surface area contributed by atoms with Gasteiger partial charge in [0.1, 0.15) is 11.3 Å². The maximum Gasteiger partial charge on any atom is 0.339 e. The lowest BCUT2D eigenvalue weighted by atomic mass is 10.2. The van der Waals surface area contributed by atoms with Crippen LogP contribution in [0.1, 0.15) is 0 Å². The molecule has 1 aromatic carbocycles. The number of rotatable bonds is 0. The van der Waals surface area contributed by atoms with Gasteiger partial charge >= 0.3 is 5.63 Å². The Kier molecular flexibility index (Phi) is 1.74. The fourth-order valence-electron chi connectivity index (χ4n) is 1.12. The Hall–Kier alpha value is -1.48. The van der Waals surface area contributed by atoms with Gasteiger partial charge in [-0.15, -0.1) is 0 Å². The molecule has 2 aromatic rings. The number of hydrogen-bond acceptors (Lipinski definition) is 3. The van der Waals surface area contributed by atoms with Crippen LogP contribution in [0, 0.1) is 0 Å². The molecule has 3 nitrogen and oxygen atoms in total. The fourth-order valence-corrected chi connectivity index (χ4v) is 1.29. The molecule has 0 saturated heterocycles. The van der Waals surface area contributed by atoms with Crippen molar-refractivity contribution in [3.63, 3.8) is 0 Å². The summed E-state index contributed by atoms with van der Waals surface area (Å²) in [5.74, 6) is -0.117. The van der Waals surface area contributed by atoms with E-state index in [9.17, 15) is 9.90 Å². The summed E-state index contributed by atoms with van der Waals surface area (Å²) in [5.41, 5.74) is -0.248. The van der Waals surface area contributed by atoms with Gasteiger partial charge in [0.2, 0.25) is 0 Å². The standard InChI is InChI=1S/C9H5ClO3/c10-5-1-2-8-6(3-5)7(11)4-9(12)13-8/h1-4,11H. The highest BCUT2D eigenvalue weighted by Gasteiger charge is 2.03. The van der Waals surface area contributed by atoms with Crippen LogP contribution < -0.4 is 5.63 Å². The molecule has 0 aliphatic heterocycles. The van der Waals surface area contributed by atoms with Gasteiger partial charge in [-0.3, -0.25) is 0 Å². The van der Waals surface area contributed by atoms with Crippen molar-refractivity contribution >= 4 is 22.6 Å². The predicted molar refractivity (Wildman–Crippen MR) is 49.2 cm³/mol. The SMILES string of the molecule is O=c1cc(O)c2cc(Cl)ccc2o1. The summed E-state index contributed by atoms with van der Waals surface area (Å²) in [5, 5.41) is 10.3. The molecular weight excluding hydrogens is 192 g/mol. The number of benzene rings is 1. The normalized spacial score (nSPS) is 10.5. The van der Waals surface area contributed by atoms with E-state index < -0.39 is 5.63 Å². The Labute approximate surface area is 78.2 Å². The molecule has 0 radical (unpaired) electrons. The Morgan fingerprint density at radius 2 is 2.08 bits per heavy atom. The maximum absolute atomic E-state index is 10.8. The second-order valence-electron chi connectivity index (χ2n) is 2.59. The van der Waals surface area contributed by atoms with Gasteiger partial charge in [0.15, 0.2) is 0 Å². The zero-order chi connectivity index (χ0) is 9.42. The van der Waals surface area contributed by atoms with Gasteiger partial charge in [0.25, 0.3) is 0 Å². The third-order valence-corrected chi connectivity index (χ3v) is 1.92. The van der Waals surface area contributed by atoms with Crippen LogP contribution in [0.15, 0.2) is 33.5 Å². The lowest BCUT2D eigenvalue weighted by molar-refractivity contribution is 0.468. The van der Waals surface area contributed by atoms with E-state index in [4.69, 9.17) is 16.0 Å². The van der Waals surface area contributed by atoms with Crippen molar-refractivity contribution in [1.82, 2.24) is 0 Å². The quantitative estimate of drug-likeness (QED) is 0.657. The van der Waals surface area contributed by atoms with Crippen LogP contribution in [0.4, 0.5) is 0 Å². The number of halogens is 1. The number of aromatic hydroxyl groups is 1. The summed E-state index contributed by atoms with van der Waals surface area (Å²) in [6, 6.07) is 5.68. The van der Waals surface area contributed by atoms with E-state index in [1.807, 2.05) is 0 Å². The first-order chi connectivity index (χ1) is 6.16. The molecule has 4 heteroatoms. The van der Waals surface area contributed by atoms with E-state index in [1.54, 1.807) is 12.1 Å². The minimum Gasteiger partial charge on any atom is -0.507 e. The highest BCUT2D eigenvalue weighted by molar-refractivity contribution is 6.31. The zero-order valence-electron chi connectivity index (χ0n) is 6.45. The lowest BCUT2D eigenvalue weighted by Gasteiger charge is -1.98. The topological polar surface area (TPSA) is 50.4 Å². The highest BCUT2D eigenvalue weighted by Crippen LogP contribution is 2.25. The van der Waals surface area contributed by atoms with Crippen LogP contribution >= 0.6 is 11.6 Å². The van der Waals surface area contributed by atoms with Crippen molar-refractivity contribution in [2.45, 2.75) is 0 Å². The molecule has 2 rings (SSSR count). The molecule has 1 heterocycles. The average Bonchev–Trinajstić information content (AvgIpc) is 2.06. The molecule has 1 aromatic heterocycles. The van der Waals surface area contributed by atoms with Gasteiger partial charge in [0.05, 0.1) is 11.5 Å². The van der Waals surface area contributed by atoms with Crippen molar-refractivity contribution in [3.05, 3.63) is 39.7 Å². The smallest absolute Gasteiger partial charge is 0.339 e. The van der Waals surface area contributed by atoms with E-state index in [2.05, 4.69) is 0 Å². The molecule has 0 atom stereocenters. The Morgan fingerprint density at radius 3 is 2.85 bits per heavy atom. The van der Waals surface area contributed by atoms with E-state index >= 15 is 0 Å². The zero-order valence-corrected chi connectivity index (χ0v) is 7.21. The lowest BCUT2D eigenvalue weighted by Crippen LogP contribution is -1.94. The fraction of sp³-hybridized carbons (Fsp3) is 0. The molecule has 0 bridgehead atoms. The summed E-state index contributed by atoms with van der Waals surface area (Å²) >= 11 is 5.70. The van der Waals surface area contributed by atoms with Crippen molar-refractivity contribution < 1.29 is 9.52 Å². The van der Waals surface area contributed by atoms with Gasteiger partial charge in [-0.05, 0) is 18.2 Å². The molecule has 1 N–H and O–H groups in total. The second kappa shape index (κ2) is 2.78. The molecule has 0 saturated carbocycles. The largest absolute Gasteiger partial charge is 0.507 e. The molecule has 0 unspecified atom stereocenters. The highest BCUT2D eigenvalue weighted by atomic mass is 35.5. The average molecular weight is 197 g/mol. The van der Waals surface area contributed by atoms with Gasteiger partial charge in [-0.25, -0.2) is 4.79 Å². The molecule has 0 spiro atoms. The minimum atomic E-state index is -0.577. The third kappa shape index (κ3) is 1.38. The molecule has 0 aliphatic carbocycles. The Morgan fingerprint density at radius 1 is 1.31 bits per heavy atom. The monoisotopic (exact) mass is 196 g/mol. The molecule has 0 amide bonds. The van der Waals surface area contributed by atoms with Crippen molar-refractivity contribution in [3.8, 4) is 5.75 Å².